The topological polar surface area (TPSA) is 113 Å². The summed E-state index contributed by atoms with van der Waals surface area (Å²) in [5.41, 5.74) is 10.0. The molecule has 0 aliphatic rings. The zero-order valence-electron chi connectivity index (χ0n) is 14.4. The predicted octanol–water partition coefficient (Wildman–Crippen LogP) is 2.88. The van der Waals surface area contributed by atoms with E-state index in [0.717, 1.165) is 27.7 Å². The summed E-state index contributed by atoms with van der Waals surface area (Å²) in [4.78, 5) is 19.4. The number of primary amides is 1. The number of rotatable bonds is 3. The number of nitrogens with zero attached hydrogens (tertiary/aromatic N) is 4. The van der Waals surface area contributed by atoms with Crippen LogP contribution >= 0.6 is 0 Å². The molecule has 1 aromatic carbocycles. The van der Waals surface area contributed by atoms with Crippen molar-refractivity contribution in [2.75, 3.05) is 0 Å². The van der Waals surface area contributed by atoms with E-state index in [1.807, 2.05) is 24.6 Å². The zero-order valence-corrected chi connectivity index (χ0v) is 14.4. The molecule has 3 heterocycles. The Hall–Kier alpha value is -3.66. The maximum atomic E-state index is 11.5. The summed E-state index contributed by atoms with van der Waals surface area (Å²) in [6, 6.07) is 11.1. The number of carbonyl (C=O) groups is 1. The summed E-state index contributed by atoms with van der Waals surface area (Å²) in [5.74, 6) is -0.492. The molecule has 0 saturated carbocycles. The van der Waals surface area contributed by atoms with Gasteiger partial charge in [-0.3, -0.25) is 9.48 Å². The zero-order chi connectivity index (χ0) is 18.4. The first-order valence-corrected chi connectivity index (χ1v) is 8.23. The minimum atomic E-state index is -0.492. The second kappa shape index (κ2) is 5.70. The minimum Gasteiger partial charge on any atom is -0.366 e. The number of amides is 1. The second-order valence-corrected chi connectivity index (χ2v) is 6.13. The van der Waals surface area contributed by atoms with Crippen LogP contribution in [0.4, 0.5) is 0 Å². The first kappa shape index (κ1) is 15.8. The number of carbonyl (C=O) groups excluding carboxylic acids is 1. The van der Waals surface area contributed by atoms with Gasteiger partial charge in [-0.1, -0.05) is 0 Å². The molecule has 0 aliphatic heterocycles. The van der Waals surface area contributed by atoms with Crippen molar-refractivity contribution in [2.24, 2.45) is 5.73 Å². The Bertz CT molecular complexity index is 1220. The standard InChI is InChI=1S/C19H16N6O/c1-3-25-16(6-10(2)24-25)17-12(9-20)8-14-13-7-11(18(21)26)4-5-15(13)22-19(14)23-17/h4-8H,3H2,1-2H3,(H2,21,26)(H,22,23). The van der Waals surface area contributed by atoms with E-state index in [1.54, 1.807) is 24.3 Å². The molecule has 7 nitrogen and oxygen atoms in total. The van der Waals surface area contributed by atoms with E-state index >= 15 is 0 Å². The van der Waals surface area contributed by atoms with Crippen molar-refractivity contribution >= 4 is 27.8 Å². The number of aryl methyl sites for hydroxylation is 2. The average molecular weight is 344 g/mol. The molecule has 0 unspecified atom stereocenters. The van der Waals surface area contributed by atoms with Gasteiger partial charge in [-0.25, -0.2) is 4.98 Å². The number of fused-ring (bicyclic) bond motifs is 3. The lowest BCUT2D eigenvalue weighted by Gasteiger charge is -2.06. The number of nitriles is 1. The van der Waals surface area contributed by atoms with Crippen LogP contribution in [-0.4, -0.2) is 25.7 Å². The maximum Gasteiger partial charge on any atom is 0.248 e. The maximum absolute atomic E-state index is 11.5. The molecular weight excluding hydrogens is 328 g/mol. The van der Waals surface area contributed by atoms with E-state index in [2.05, 4.69) is 16.2 Å². The van der Waals surface area contributed by atoms with Gasteiger partial charge in [0.2, 0.25) is 5.91 Å². The third kappa shape index (κ3) is 2.31. The number of nitrogens with two attached hydrogens (primary N) is 1. The normalized spacial score (nSPS) is 11.1. The summed E-state index contributed by atoms with van der Waals surface area (Å²) in [6.45, 7) is 4.59. The number of aromatic amines is 1. The number of benzene rings is 1. The van der Waals surface area contributed by atoms with Gasteiger partial charge in [-0.15, -0.1) is 0 Å². The number of hydrogen-bond donors (Lipinski definition) is 2. The van der Waals surface area contributed by atoms with Crippen molar-refractivity contribution < 1.29 is 4.79 Å². The summed E-state index contributed by atoms with van der Waals surface area (Å²) in [5, 5.41) is 15.7. The molecular formula is C19H16N6O. The van der Waals surface area contributed by atoms with Gasteiger partial charge >= 0.3 is 0 Å². The van der Waals surface area contributed by atoms with Crippen LogP contribution in [0.15, 0.2) is 30.3 Å². The van der Waals surface area contributed by atoms with Gasteiger partial charge in [0.1, 0.15) is 17.4 Å². The van der Waals surface area contributed by atoms with Gasteiger partial charge in [0.05, 0.1) is 17.0 Å². The Balaban J connectivity index is 2.03. The molecule has 3 N–H and O–H groups in total. The SMILES string of the molecule is CCn1nc(C)cc1-c1nc2[nH]c3ccc(C(N)=O)cc3c2cc1C#N. The summed E-state index contributed by atoms with van der Waals surface area (Å²) >= 11 is 0. The van der Waals surface area contributed by atoms with Crippen LogP contribution in [0.2, 0.25) is 0 Å². The van der Waals surface area contributed by atoms with Gasteiger partial charge in [0.25, 0.3) is 0 Å². The van der Waals surface area contributed by atoms with Gasteiger partial charge in [-0.05, 0) is 44.2 Å². The van der Waals surface area contributed by atoms with E-state index in [4.69, 9.17) is 10.7 Å². The van der Waals surface area contributed by atoms with E-state index in [0.29, 0.717) is 29.0 Å². The van der Waals surface area contributed by atoms with Crippen LogP contribution in [-0.2, 0) is 6.54 Å². The fraction of sp³-hybridized carbons (Fsp3) is 0.158. The average Bonchev–Trinajstić information content (AvgIpc) is 3.19. The molecule has 1 amide bonds. The van der Waals surface area contributed by atoms with E-state index < -0.39 is 5.91 Å². The summed E-state index contributed by atoms with van der Waals surface area (Å²) in [6.07, 6.45) is 0. The highest BCUT2D eigenvalue weighted by atomic mass is 16.1. The van der Waals surface area contributed by atoms with Crippen molar-refractivity contribution in [3.8, 4) is 17.5 Å². The Labute approximate surface area is 149 Å². The van der Waals surface area contributed by atoms with Gasteiger partial charge in [0.15, 0.2) is 0 Å². The number of hydrogen-bond acceptors (Lipinski definition) is 4. The van der Waals surface area contributed by atoms with Crippen molar-refractivity contribution in [1.82, 2.24) is 19.7 Å². The lowest BCUT2D eigenvalue weighted by molar-refractivity contribution is 0.100. The highest BCUT2D eigenvalue weighted by Crippen LogP contribution is 2.31. The Morgan fingerprint density at radius 1 is 1.31 bits per heavy atom. The molecule has 3 aromatic heterocycles. The van der Waals surface area contributed by atoms with E-state index in [9.17, 15) is 10.1 Å². The third-order valence-corrected chi connectivity index (χ3v) is 4.43. The minimum absolute atomic E-state index is 0.417. The Morgan fingerprint density at radius 3 is 2.81 bits per heavy atom. The van der Waals surface area contributed by atoms with Crippen LogP contribution in [0.25, 0.3) is 33.3 Å². The van der Waals surface area contributed by atoms with Gasteiger partial charge < -0.3 is 10.7 Å². The molecule has 4 rings (SSSR count). The first-order valence-electron chi connectivity index (χ1n) is 8.23. The molecule has 0 fully saturated rings. The molecule has 4 aromatic rings. The molecule has 128 valence electrons. The molecule has 0 spiro atoms. The number of H-pyrrole nitrogens is 1. The smallest absolute Gasteiger partial charge is 0.248 e. The number of nitrogens with one attached hydrogen (secondary N) is 1. The highest BCUT2D eigenvalue weighted by molar-refractivity contribution is 6.09. The Kier molecular flexibility index (Phi) is 3.48. The van der Waals surface area contributed by atoms with Crippen LogP contribution in [0.1, 0.15) is 28.5 Å². The largest absolute Gasteiger partial charge is 0.366 e. The van der Waals surface area contributed by atoms with Gasteiger partial charge in [-0.2, -0.15) is 10.4 Å². The second-order valence-electron chi connectivity index (χ2n) is 6.13. The van der Waals surface area contributed by atoms with Crippen molar-refractivity contribution in [1.29, 1.82) is 5.26 Å². The molecule has 26 heavy (non-hydrogen) atoms. The third-order valence-electron chi connectivity index (χ3n) is 4.43. The summed E-state index contributed by atoms with van der Waals surface area (Å²) in [7, 11) is 0. The van der Waals surface area contributed by atoms with Crippen molar-refractivity contribution in [3.63, 3.8) is 0 Å². The monoisotopic (exact) mass is 344 g/mol. The fourth-order valence-electron chi connectivity index (χ4n) is 3.23. The van der Waals surface area contributed by atoms with Crippen LogP contribution in [0, 0.1) is 18.3 Å². The molecule has 0 atom stereocenters. The molecule has 0 radical (unpaired) electrons. The van der Waals surface area contributed by atoms with Crippen LogP contribution < -0.4 is 5.73 Å². The summed E-state index contributed by atoms with van der Waals surface area (Å²) < 4.78 is 1.83. The van der Waals surface area contributed by atoms with E-state index in [1.165, 1.54) is 0 Å². The lowest BCUT2D eigenvalue weighted by atomic mass is 10.1. The molecule has 0 bridgehead atoms. The Morgan fingerprint density at radius 2 is 2.12 bits per heavy atom. The quantitative estimate of drug-likeness (QED) is 0.595. The van der Waals surface area contributed by atoms with Crippen molar-refractivity contribution in [3.05, 3.63) is 47.2 Å². The van der Waals surface area contributed by atoms with E-state index in [-0.39, 0.29) is 0 Å². The van der Waals surface area contributed by atoms with Crippen molar-refractivity contribution in [2.45, 2.75) is 20.4 Å². The molecule has 7 heteroatoms. The number of aromatic nitrogens is 4. The lowest BCUT2D eigenvalue weighted by Crippen LogP contribution is -2.10. The van der Waals surface area contributed by atoms with Crippen LogP contribution in [0.3, 0.4) is 0 Å². The number of pyridine rings is 1. The predicted molar refractivity (Wildman–Crippen MR) is 98.5 cm³/mol. The van der Waals surface area contributed by atoms with Gasteiger partial charge in [0, 0.05) is 28.4 Å². The van der Waals surface area contributed by atoms with Crippen LogP contribution in [0.5, 0.6) is 0 Å². The highest BCUT2D eigenvalue weighted by Gasteiger charge is 2.17. The molecule has 0 aliphatic carbocycles. The fourth-order valence-corrected chi connectivity index (χ4v) is 3.23. The molecule has 0 saturated heterocycles. The first-order chi connectivity index (χ1) is 12.5.